The number of para-hydroxylation sites is 1. The Balaban J connectivity index is 1.45. The molecular weight excluding hydrogens is 464 g/mol. The number of ether oxygens (including phenoxy) is 1. The maximum atomic E-state index is 13.6. The molecule has 2 heterocycles. The summed E-state index contributed by atoms with van der Waals surface area (Å²) in [4.78, 5) is 29.5. The molecule has 0 amide bonds. The van der Waals surface area contributed by atoms with Crippen LogP contribution in [0.4, 0.5) is 0 Å². The Labute approximate surface area is 217 Å². The first kappa shape index (κ1) is 24.8. The van der Waals surface area contributed by atoms with Gasteiger partial charge in [0.1, 0.15) is 11.4 Å². The van der Waals surface area contributed by atoms with E-state index >= 15 is 0 Å². The van der Waals surface area contributed by atoms with E-state index in [9.17, 15) is 9.59 Å². The first-order valence-electron chi connectivity index (χ1n) is 12.7. The first-order valence-corrected chi connectivity index (χ1v) is 12.7. The minimum absolute atomic E-state index is 0.0803. The van der Waals surface area contributed by atoms with E-state index in [1.165, 1.54) is 0 Å². The normalized spacial score (nSPS) is 13.4. The van der Waals surface area contributed by atoms with Crippen LogP contribution in [0.1, 0.15) is 45.8 Å². The summed E-state index contributed by atoms with van der Waals surface area (Å²) in [6, 6.07) is 20.0. The fourth-order valence-corrected chi connectivity index (χ4v) is 5.19. The fraction of sp³-hybridized carbons (Fsp3) is 0.333. The Kier molecular flexibility index (Phi) is 6.65. The van der Waals surface area contributed by atoms with Crippen molar-refractivity contribution < 1.29 is 9.53 Å². The van der Waals surface area contributed by atoms with Gasteiger partial charge in [0.15, 0.2) is 5.78 Å². The molecule has 4 aromatic rings. The third-order valence-corrected chi connectivity index (χ3v) is 7.43. The minimum atomic E-state index is -0.105. The highest BCUT2D eigenvalue weighted by Gasteiger charge is 2.32. The zero-order chi connectivity index (χ0) is 26.3. The van der Waals surface area contributed by atoms with Crippen molar-refractivity contribution in [2.45, 2.75) is 46.2 Å². The van der Waals surface area contributed by atoms with E-state index < -0.39 is 0 Å². The summed E-state index contributed by atoms with van der Waals surface area (Å²) in [5, 5.41) is 0. The SMILES string of the molecule is COc1ccc(CN(CC(=O)c2cc(C)n(-c3c(C)n(C)n(-c4ccccc4)c3=O)c2C)C2CC2)cc1. The second kappa shape index (κ2) is 9.90. The van der Waals surface area contributed by atoms with Gasteiger partial charge < -0.3 is 9.30 Å². The van der Waals surface area contributed by atoms with Gasteiger partial charge in [-0.1, -0.05) is 30.3 Å². The number of carbonyl (C=O) groups is 1. The van der Waals surface area contributed by atoms with Gasteiger partial charge in [-0.05, 0) is 69.5 Å². The molecule has 0 saturated heterocycles. The van der Waals surface area contributed by atoms with E-state index in [4.69, 9.17) is 4.74 Å². The van der Waals surface area contributed by atoms with Crippen molar-refractivity contribution in [1.29, 1.82) is 0 Å². The summed E-state index contributed by atoms with van der Waals surface area (Å²) in [6.45, 7) is 6.91. The standard InChI is InChI=1S/C30H34N4O3/c1-20-17-27(28(35)19-32(24-13-14-24)18-23-11-15-26(37-5)16-12-23)21(2)33(20)29-22(3)31(4)34(30(29)36)25-9-7-6-8-10-25/h6-12,15-17,24H,13-14,18-19H2,1-5H3. The number of benzene rings is 2. The number of Topliss-reactive ketones (excluding diaryl/α,β-unsaturated/α-hetero) is 1. The average molecular weight is 499 g/mol. The number of ketones is 1. The lowest BCUT2D eigenvalue weighted by Gasteiger charge is -2.21. The van der Waals surface area contributed by atoms with Crippen LogP contribution in [0.5, 0.6) is 5.75 Å². The average Bonchev–Trinajstić information content (AvgIpc) is 3.67. The van der Waals surface area contributed by atoms with Crippen LogP contribution in [0, 0.1) is 20.8 Å². The molecule has 0 spiro atoms. The third-order valence-electron chi connectivity index (χ3n) is 7.43. The van der Waals surface area contributed by atoms with Gasteiger partial charge in [0.05, 0.1) is 25.0 Å². The highest BCUT2D eigenvalue weighted by Crippen LogP contribution is 2.30. The zero-order valence-corrected chi connectivity index (χ0v) is 22.2. The molecule has 7 heteroatoms. The molecule has 0 N–H and O–H groups in total. The number of hydrogen-bond donors (Lipinski definition) is 0. The number of aromatic nitrogens is 3. The van der Waals surface area contributed by atoms with E-state index in [1.807, 2.05) is 85.6 Å². The lowest BCUT2D eigenvalue weighted by atomic mass is 10.1. The van der Waals surface area contributed by atoms with Crippen LogP contribution < -0.4 is 10.3 Å². The van der Waals surface area contributed by atoms with Crippen molar-refractivity contribution in [2.75, 3.05) is 13.7 Å². The van der Waals surface area contributed by atoms with Crippen molar-refractivity contribution in [2.24, 2.45) is 7.05 Å². The van der Waals surface area contributed by atoms with Crippen molar-refractivity contribution in [3.63, 3.8) is 0 Å². The van der Waals surface area contributed by atoms with Crippen LogP contribution in [0.15, 0.2) is 65.5 Å². The summed E-state index contributed by atoms with van der Waals surface area (Å²) in [7, 11) is 3.55. The molecule has 1 fully saturated rings. The number of nitrogens with zero attached hydrogens (tertiary/aromatic N) is 4. The molecule has 5 rings (SSSR count). The Morgan fingerprint density at radius 2 is 1.68 bits per heavy atom. The predicted octanol–water partition coefficient (Wildman–Crippen LogP) is 4.75. The van der Waals surface area contributed by atoms with Gasteiger partial charge in [-0.2, -0.15) is 0 Å². The number of methoxy groups -OCH3 is 1. The van der Waals surface area contributed by atoms with Gasteiger partial charge in [0.25, 0.3) is 5.56 Å². The van der Waals surface area contributed by atoms with Gasteiger partial charge in [-0.25, -0.2) is 4.68 Å². The van der Waals surface area contributed by atoms with Crippen LogP contribution in [0.3, 0.4) is 0 Å². The Hall–Kier alpha value is -3.84. The quantitative estimate of drug-likeness (QED) is 0.313. The number of hydrogen-bond acceptors (Lipinski definition) is 4. The number of carbonyl (C=O) groups excluding carboxylic acids is 1. The van der Waals surface area contributed by atoms with Crippen molar-refractivity contribution in [1.82, 2.24) is 18.8 Å². The molecule has 1 aliphatic carbocycles. The Morgan fingerprint density at radius 3 is 2.30 bits per heavy atom. The van der Waals surface area contributed by atoms with Gasteiger partial charge in [0, 0.05) is 36.6 Å². The van der Waals surface area contributed by atoms with Crippen LogP contribution in [0.2, 0.25) is 0 Å². The molecular formula is C30H34N4O3. The Morgan fingerprint density at radius 1 is 1.00 bits per heavy atom. The molecule has 0 atom stereocenters. The lowest BCUT2D eigenvalue weighted by molar-refractivity contribution is 0.0918. The predicted molar refractivity (Wildman–Crippen MR) is 145 cm³/mol. The third kappa shape index (κ3) is 4.67. The maximum Gasteiger partial charge on any atom is 0.295 e. The minimum Gasteiger partial charge on any atom is -0.497 e. The van der Waals surface area contributed by atoms with E-state index in [2.05, 4.69) is 17.0 Å². The lowest BCUT2D eigenvalue weighted by Crippen LogP contribution is -2.31. The molecule has 0 radical (unpaired) electrons. The summed E-state index contributed by atoms with van der Waals surface area (Å²) in [6.07, 6.45) is 2.23. The van der Waals surface area contributed by atoms with Gasteiger partial charge in [-0.15, -0.1) is 0 Å². The summed E-state index contributed by atoms with van der Waals surface area (Å²) < 4.78 is 10.8. The molecule has 2 aromatic carbocycles. The van der Waals surface area contributed by atoms with Crippen LogP contribution in [-0.2, 0) is 13.6 Å². The molecule has 1 saturated carbocycles. The molecule has 37 heavy (non-hydrogen) atoms. The van der Waals surface area contributed by atoms with Crippen molar-refractivity contribution >= 4 is 5.78 Å². The largest absolute Gasteiger partial charge is 0.497 e. The second-order valence-electron chi connectivity index (χ2n) is 9.94. The maximum absolute atomic E-state index is 13.6. The summed E-state index contributed by atoms with van der Waals surface area (Å²) in [5.74, 6) is 0.907. The molecule has 0 bridgehead atoms. The van der Waals surface area contributed by atoms with Gasteiger partial charge in [-0.3, -0.25) is 19.2 Å². The summed E-state index contributed by atoms with van der Waals surface area (Å²) >= 11 is 0. The van der Waals surface area contributed by atoms with E-state index in [0.29, 0.717) is 23.8 Å². The second-order valence-corrected chi connectivity index (χ2v) is 9.94. The zero-order valence-electron chi connectivity index (χ0n) is 22.2. The van der Waals surface area contributed by atoms with Gasteiger partial charge >= 0.3 is 0 Å². The Bertz CT molecular complexity index is 1490. The highest BCUT2D eigenvalue weighted by molar-refractivity contribution is 5.99. The number of rotatable bonds is 9. The smallest absolute Gasteiger partial charge is 0.295 e. The molecule has 192 valence electrons. The van der Waals surface area contributed by atoms with E-state index in [0.717, 1.165) is 53.5 Å². The molecule has 0 unspecified atom stereocenters. The molecule has 2 aromatic heterocycles. The fourth-order valence-electron chi connectivity index (χ4n) is 5.19. The van der Waals surface area contributed by atoms with Gasteiger partial charge in [0.2, 0.25) is 0 Å². The van der Waals surface area contributed by atoms with Crippen LogP contribution >= 0.6 is 0 Å². The van der Waals surface area contributed by atoms with Crippen LogP contribution in [0.25, 0.3) is 11.4 Å². The van der Waals surface area contributed by atoms with E-state index in [-0.39, 0.29) is 11.3 Å². The first-order chi connectivity index (χ1) is 17.8. The molecule has 7 nitrogen and oxygen atoms in total. The van der Waals surface area contributed by atoms with E-state index in [1.54, 1.807) is 11.8 Å². The van der Waals surface area contributed by atoms with Crippen molar-refractivity contribution in [3.8, 4) is 17.1 Å². The van der Waals surface area contributed by atoms with Crippen LogP contribution in [-0.4, -0.2) is 44.3 Å². The molecule has 0 aliphatic heterocycles. The molecule has 1 aliphatic rings. The van der Waals surface area contributed by atoms with Crippen molar-refractivity contribution in [3.05, 3.63) is 99.2 Å². The monoisotopic (exact) mass is 498 g/mol. The highest BCUT2D eigenvalue weighted by atomic mass is 16.5. The topological polar surface area (TPSA) is 61.4 Å². The summed E-state index contributed by atoms with van der Waals surface area (Å²) in [5.41, 5.74) is 5.63. The number of aryl methyl sites for hydroxylation is 1.